The second-order valence-electron chi connectivity index (χ2n) is 7.75. The largest absolute Gasteiger partial charge is 0.366 e. The van der Waals surface area contributed by atoms with Crippen molar-refractivity contribution in [3.05, 3.63) is 65.2 Å². The van der Waals surface area contributed by atoms with E-state index in [1.165, 1.54) is 0 Å². The van der Waals surface area contributed by atoms with E-state index >= 15 is 0 Å². The van der Waals surface area contributed by atoms with Gasteiger partial charge in [-0.1, -0.05) is 24.3 Å². The van der Waals surface area contributed by atoms with E-state index in [-0.39, 0.29) is 16.7 Å². The summed E-state index contributed by atoms with van der Waals surface area (Å²) in [6.45, 7) is 1.61. The van der Waals surface area contributed by atoms with E-state index in [9.17, 15) is 18.0 Å². The van der Waals surface area contributed by atoms with Crippen LogP contribution in [0.25, 0.3) is 0 Å². The number of carbonyl (C=O) groups is 2. The van der Waals surface area contributed by atoms with Gasteiger partial charge in [-0.25, -0.2) is 0 Å². The van der Waals surface area contributed by atoms with Gasteiger partial charge in [0, 0.05) is 36.7 Å². The van der Waals surface area contributed by atoms with Crippen molar-refractivity contribution in [1.82, 2.24) is 10.2 Å². The fraction of sp³-hybridized carbons (Fsp3) is 0.318. The van der Waals surface area contributed by atoms with Gasteiger partial charge in [-0.3, -0.25) is 9.59 Å². The molecule has 162 valence electrons. The van der Waals surface area contributed by atoms with Crippen LogP contribution in [0.1, 0.15) is 34.3 Å². The molecule has 0 bridgehead atoms. The molecule has 2 aromatic carbocycles. The minimum atomic E-state index is -3.64. The number of carbonyl (C=O) groups excluding carboxylic acids is 2. The van der Waals surface area contributed by atoms with E-state index < -0.39 is 15.9 Å². The normalized spacial score (nSPS) is 17.7. The smallest absolute Gasteiger partial charge is 0.285 e. The van der Waals surface area contributed by atoms with Crippen LogP contribution in [0.3, 0.4) is 0 Å². The number of fused-ring (bicyclic) bond motifs is 1. The summed E-state index contributed by atoms with van der Waals surface area (Å²) in [5.41, 5.74) is 7.32. The zero-order valence-corrected chi connectivity index (χ0v) is 17.8. The molecule has 2 amide bonds. The summed E-state index contributed by atoms with van der Waals surface area (Å²) in [6, 6.07) is 13.9. The van der Waals surface area contributed by atoms with Crippen LogP contribution >= 0.6 is 0 Å². The van der Waals surface area contributed by atoms with Gasteiger partial charge < -0.3 is 16.0 Å². The average Bonchev–Trinajstić information content (AvgIpc) is 3.05. The predicted octanol–water partition coefficient (Wildman–Crippen LogP) is 1.31. The Hall–Kier alpha value is -3.20. The van der Waals surface area contributed by atoms with Crippen LogP contribution < -0.4 is 11.1 Å². The summed E-state index contributed by atoms with van der Waals surface area (Å²) < 4.78 is 28.5. The van der Waals surface area contributed by atoms with E-state index in [2.05, 4.69) is 9.71 Å². The Morgan fingerprint density at radius 2 is 1.84 bits per heavy atom. The van der Waals surface area contributed by atoms with Crippen molar-refractivity contribution in [1.29, 1.82) is 0 Å². The SMILES string of the molecule is NC(=O)c1cccc(CCNC(=O)C2CCN(C3=NS(=O)(=O)c4ccccc43)CC2)c1. The Kier molecular flexibility index (Phi) is 5.77. The average molecular weight is 441 g/mol. The number of hydrogen-bond acceptors (Lipinski definition) is 5. The van der Waals surface area contributed by atoms with Gasteiger partial charge in [-0.05, 0) is 49.1 Å². The molecule has 2 heterocycles. The molecule has 1 saturated heterocycles. The molecule has 2 aromatic rings. The lowest BCUT2D eigenvalue weighted by atomic mass is 9.95. The number of nitrogens with two attached hydrogens (primary N) is 1. The first-order chi connectivity index (χ1) is 14.8. The number of sulfonamides is 1. The molecule has 0 saturated carbocycles. The van der Waals surface area contributed by atoms with E-state index in [0.29, 0.717) is 55.9 Å². The van der Waals surface area contributed by atoms with Crippen LogP contribution in [0.4, 0.5) is 0 Å². The number of rotatable bonds is 5. The summed E-state index contributed by atoms with van der Waals surface area (Å²) in [5, 5.41) is 2.96. The molecule has 4 rings (SSSR count). The van der Waals surface area contributed by atoms with E-state index in [1.54, 1.807) is 42.5 Å². The molecule has 31 heavy (non-hydrogen) atoms. The zero-order valence-electron chi connectivity index (χ0n) is 17.0. The molecule has 9 heteroatoms. The fourth-order valence-electron chi connectivity index (χ4n) is 4.02. The lowest BCUT2D eigenvalue weighted by molar-refractivity contribution is -0.126. The molecule has 3 N–H and O–H groups in total. The van der Waals surface area contributed by atoms with Gasteiger partial charge in [0.25, 0.3) is 10.0 Å². The Bertz CT molecular complexity index is 1150. The van der Waals surface area contributed by atoms with E-state index in [0.717, 1.165) is 5.56 Å². The van der Waals surface area contributed by atoms with Crippen molar-refractivity contribution < 1.29 is 18.0 Å². The van der Waals surface area contributed by atoms with Crippen molar-refractivity contribution in [2.24, 2.45) is 16.0 Å². The van der Waals surface area contributed by atoms with Crippen LogP contribution in [0.15, 0.2) is 57.8 Å². The van der Waals surface area contributed by atoms with Crippen molar-refractivity contribution >= 4 is 27.7 Å². The first-order valence-electron chi connectivity index (χ1n) is 10.2. The number of piperidine rings is 1. The summed E-state index contributed by atoms with van der Waals surface area (Å²) in [4.78, 5) is 26.0. The topological polar surface area (TPSA) is 122 Å². The summed E-state index contributed by atoms with van der Waals surface area (Å²) >= 11 is 0. The van der Waals surface area contributed by atoms with Gasteiger partial charge in [0.2, 0.25) is 11.8 Å². The summed E-state index contributed by atoms with van der Waals surface area (Å²) in [5.74, 6) is -0.127. The molecule has 0 radical (unpaired) electrons. The van der Waals surface area contributed by atoms with Gasteiger partial charge >= 0.3 is 0 Å². The molecule has 0 aliphatic carbocycles. The molecular weight excluding hydrogens is 416 g/mol. The molecule has 8 nitrogen and oxygen atoms in total. The molecule has 2 aliphatic rings. The second-order valence-corrected chi connectivity index (χ2v) is 9.33. The van der Waals surface area contributed by atoms with Crippen LogP contribution in [-0.2, 0) is 21.2 Å². The molecule has 0 unspecified atom stereocenters. The van der Waals surface area contributed by atoms with Gasteiger partial charge in [0.15, 0.2) is 5.84 Å². The van der Waals surface area contributed by atoms with Crippen LogP contribution in [-0.4, -0.2) is 50.6 Å². The second kappa shape index (κ2) is 8.50. The number of hydrogen-bond donors (Lipinski definition) is 2. The van der Waals surface area contributed by atoms with E-state index in [4.69, 9.17) is 5.73 Å². The van der Waals surface area contributed by atoms with Crippen molar-refractivity contribution in [2.45, 2.75) is 24.2 Å². The molecule has 0 atom stereocenters. The lowest BCUT2D eigenvalue weighted by Crippen LogP contribution is -2.43. The summed E-state index contributed by atoms with van der Waals surface area (Å²) in [7, 11) is -3.64. The quantitative estimate of drug-likeness (QED) is 0.726. The number of primary amides is 1. The van der Waals surface area contributed by atoms with Crippen molar-refractivity contribution in [3.63, 3.8) is 0 Å². The van der Waals surface area contributed by atoms with Crippen LogP contribution in [0.2, 0.25) is 0 Å². The predicted molar refractivity (Wildman–Crippen MR) is 116 cm³/mol. The highest BCUT2D eigenvalue weighted by Gasteiger charge is 2.34. The maximum Gasteiger partial charge on any atom is 0.285 e. The van der Waals surface area contributed by atoms with Crippen molar-refractivity contribution in [2.75, 3.05) is 19.6 Å². The fourth-order valence-corrected chi connectivity index (χ4v) is 5.25. The van der Waals surface area contributed by atoms with Gasteiger partial charge in [0.05, 0.1) is 0 Å². The number of likely N-dealkylation sites (tertiary alicyclic amines) is 1. The Balaban J connectivity index is 1.30. The number of amidine groups is 1. The number of nitrogens with zero attached hydrogens (tertiary/aromatic N) is 2. The maximum absolute atomic E-state index is 12.6. The lowest BCUT2D eigenvalue weighted by Gasteiger charge is -2.32. The molecule has 0 aromatic heterocycles. The van der Waals surface area contributed by atoms with Gasteiger partial charge in [-0.15, -0.1) is 4.40 Å². The highest BCUT2D eigenvalue weighted by molar-refractivity contribution is 7.90. The Morgan fingerprint density at radius 3 is 2.58 bits per heavy atom. The monoisotopic (exact) mass is 440 g/mol. The Morgan fingerprint density at radius 1 is 1.10 bits per heavy atom. The first kappa shape index (κ1) is 21.0. The molecule has 0 spiro atoms. The molecule has 1 fully saturated rings. The number of amides is 2. The Labute approximate surface area is 181 Å². The van der Waals surface area contributed by atoms with Gasteiger partial charge in [-0.2, -0.15) is 8.42 Å². The zero-order chi connectivity index (χ0) is 22.0. The molecule has 2 aliphatic heterocycles. The standard InChI is InChI=1S/C22H24N4O4S/c23-20(27)17-5-3-4-15(14-17)8-11-24-22(28)16-9-12-26(13-10-16)21-18-6-1-2-7-19(18)31(29,30)25-21/h1-7,14,16H,8-13H2,(H2,23,27)(H,24,28). The number of nitrogens with one attached hydrogen (secondary N) is 1. The number of benzene rings is 2. The third-order valence-corrected chi connectivity index (χ3v) is 7.03. The minimum Gasteiger partial charge on any atom is -0.366 e. The van der Waals surface area contributed by atoms with Gasteiger partial charge in [0.1, 0.15) is 4.90 Å². The van der Waals surface area contributed by atoms with E-state index in [1.807, 2.05) is 11.0 Å². The molecular formula is C22H24N4O4S. The highest BCUT2D eigenvalue weighted by Crippen LogP contribution is 2.29. The van der Waals surface area contributed by atoms with Crippen LogP contribution in [0, 0.1) is 5.92 Å². The minimum absolute atomic E-state index is 0.00733. The third kappa shape index (κ3) is 4.46. The van der Waals surface area contributed by atoms with Crippen molar-refractivity contribution in [3.8, 4) is 0 Å². The summed E-state index contributed by atoms with van der Waals surface area (Å²) in [6.07, 6.45) is 1.87. The maximum atomic E-state index is 12.6. The first-order valence-corrected chi connectivity index (χ1v) is 11.6. The third-order valence-electron chi connectivity index (χ3n) is 5.70. The van der Waals surface area contributed by atoms with Crippen LogP contribution in [0.5, 0.6) is 0 Å². The highest BCUT2D eigenvalue weighted by atomic mass is 32.2.